The number of unbranched alkanes of at least 4 members (excludes halogenated alkanes) is 7. The molecule has 0 amide bonds. The van der Waals surface area contributed by atoms with Gasteiger partial charge in [0.15, 0.2) is 0 Å². The molecule has 0 aromatic carbocycles. The highest BCUT2D eigenvalue weighted by Gasteiger charge is 2.50. The molecule has 2 N–H and O–H groups in total. The fourth-order valence-corrected chi connectivity index (χ4v) is 6.08. The van der Waals surface area contributed by atoms with E-state index in [0.717, 1.165) is 51.4 Å². The van der Waals surface area contributed by atoms with Crippen LogP contribution in [-0.4, -0.2) is 15.4 Å². The molecule has 5 heteroatoms. The van der Waals surface area contributed by atoms with Gasteiger partial charge < -0.3 is 9.79 Å². The first kappa shape index (κ1) is 29.1. The minimum atomic E-state index is -4.58. The molecule has 0 saturated heterocycles. The third-order valence-corrected chi connectivity index (χ3v) is 7.39. The summed E-state index contributed by atoms with van der Waals surface area (Å²) in [7, 11) is -4.58. The Kier molecular flexibility index (Phi) is 15.9. The maximum absolute atomic E-state index is 12.2. The van der Waals surface area contributed by atoms with E-state index in [0.29, 0.717) is 0 Å². The zero-order chi connectivity index (χ0) is 22.3. The molecule has 176 valence electrons. The van der Waals surface area contributed by atoms with Crippen molar-refractivity contribution in [1.29, 1.82) is 0 Å². The Morgan fingerprint density at radius 2 is 1.17 bits per heavy atom. The lowest BCUT2D eigenvalue weighted by atomic mass is 9.65. The van der Waals surface area contributed by atoms with Gasteiger partial charge in [-0.2, -0.15) is 0 Å². The summed E-state index contributed by atoms with van der Waals surface area (Å²) in [6.07, 6.45) is 15.4. The van der Waals surface area contributed by atoms with Gasteiger partial charge in [-0.3, -0.25) is 4.52 Å². The smallest absolute Gasteiger partial charge is 0.303 e. The molecule has 0 aliphatic carbocycles. The molecule has 0 aliphatic heterocycles. The van der Waals surface area contributed by atoms with Crippen LogP contribution in [0.25, 0.3) is 0 Å². The average molecular weight is 435 g/mol. The Labute approximate surface area is 181 Å². The maximum Gasteiger partial charge on any atom is 0.470 e. The highest BCUT2D eigenvalue weighted by atomic mass is 31.2. The van der Waals surface area contributed by atoms with Crippen LogP contribution in [0.3, 0.4) is 0 Å². The van der Waals surface area contributed by atoms with Crippen molar-refractivity contribution < 1.29 is 18.9 Å². The molecule has 0 spiro atoms. The third-order valence-electron chi connectivity index (χ3n) is 6.84. The van der Waals surface area contributed by atoms with E-state index in [1.165, 1.54) is 38.5 Å². The van der Waals surface area contributed by atoms with Crippen LogP contribution in [0, 0.1) is 17.8 Å². The summed E-state index contributed by atoms with van der Waals surface area (Å²) >= 11 is 0. The van der Waals surface area contributed by atoms with Gasteiger partial charge in [0.25, 0.3) is 0 Å². The van der Waals surface area contributed by atoms with Gasteiger partial charge in [-0.25, -0.2) is 4.57 Å². The van der Waals surface area contributed by atoms with Crippen molar-refractivity contribution in [3.8, 4) is 0 Å². The predicted octanol–water partition coefficient (Wildman–Crippen LogP) is 8.26. The van der Waals surface area contributed by atoms with Crippen LogP contribution in [0.4, 0.5) is 0 Å². The Bertz CT molecular complexity index is 417. The van der Waals surface area contributed by atoms with Gasteiger partial charge >= 0.3 is 7.82 Å². The van der Waals surface area contributed by atoms with Gasteiger partial charge in [-0.05, 0) is 37.0 Å². The molecule has 0 rings (SSSR count). The summed E-state index contributed by atoms with van der Waals surface area (Å²) in [4.78, 5) is 19.9. The highest BCUT2D eigenvalue weighted by Crippen LogP contribution is 2.54. The number of phosphoric ester groups is 1. The zero-order valence-corrected chi connectivity index (χ0v) is 21.2. The summed E-state index contributed by atoms with van der Waals surface area (Å²) in [6.45, 7) is 13.1. The first-order valence-corrected chi connectivity index (χ1v) is 14.0. The molecule has 0 bridgehead atoms. The first-order valence-electron chi connectivity index (χ1n) is 12.5. The average Bonchev–Trinajstić information content (AvgIpc) is 2.66. The van der Waals surface area contributed by atoms with Gasteiger partial charge in [-0.15, -0.1) is 0 Å². The minimum Gasteiger partial charge on any atom is -0.303 e. The molecule has 0 heterocycles. The quantitative estimate of drug-likeness (QED) is 0.159. The largest absolute Gasteiger partial charge is 0.470 e. The van der Waals surface area contributed by atoms with Crippen LogP contribution in [0.2, 0.25) is 0 Å². The monoisotopic (exact) mass is 434 g/mol. The molecule has 29 heavy (non-hydrogen) atoms. The molecule has 0 saturated carbocycles. The first-order chi connectivity index (χ1) is 13.7. The van der Waals surface area contributed by atoms with Crippen LogP contribution in [-0.2, 0) is 9.09 Å². The SMILES string of the molecule is CCCCCCC(C)C(OP(=O)(O)O)(C(C)CCCCCC)C(CC)CCCC. The second-order valence-corrected chi connectivity index (χ2v) is 10.3. The Hall–Kier alpha value is 0.110. The minimum absolute atomic E-state index is 0.134. The lowest BCUT2D eigenvalue weighted by Gasteiger charge is -2.49. The van der Waals surface area contributed by atoms with Crippen LogP contribution in [0.1, 0.15) is 131 Å². The van der Waals surface area contributed by atoms with Crippen LogP contribution in [0.5, 0.6) is 0 Å². The van der Waals surface area contributed by atoms with E-state index in [1.54, 1.807) is 0 Å². The van der Waals surface area contributed by atoms with E-state index in [9.17, 15) is 14.4 Å². The molecule has 0 radical (unpaired) electrons. The fourth-order valence-electron chi connectivity index (χ4n) is 5.16. The molecule has 0 aliphatic rings. The molecular weight excluding hydrogens is 383 g/mol. The Morgan fingerprint density at radius 3 is 1.52 bits per heavy atom. The van der Waals surface area contributed by atoms with Gasteiger partial charge in [0, 0.05) is 0 Å². The van der Waals surface area contributed by atoms with E-state index in [4.69, 9.17) is 4.52 Å². The molecule has 4 nitrogen and oxygen atoms in total. The summed E-state index contributed by atoms with van der Waals surface area (Å²) < 4.78 is 18.1. The molecule has 0 aromatic heterocycles. The molecule has 3 atom stereocenters. The summed E-state index contributed by atoms with van der Waals surface area (Å²) in [5.41, 5.74) is -0.749. The third kappa shape index (κ3) is 10.8. The summed E-state index contributed by atoms with van der Waals surface area (Å²) in [6, 6.07) is 0. The van der Waals surface area contributed by atoms with Crippen molar-refractivity contribution in [2.24, 2.45) is 17.8 Å². The van der Waals surface area contributed by atoms with Gasteiger partial charge in [-0.1, -0.05) is 112 Å². The lowest BCUT2D eigenvalue weighted by molar-refractivity contribution is -0.107. The Morgan fingerprint density at radius 1 is 0.724 bits per heavy atom. The van der Waals surface area contributed by atoms with E-state index >= 15 is 0 Å². The normalized spacial score (nSPS) is 17.7. The van der Waals surface area contributed by atoms with Crippen molar-refractivity contribution in [3.63, 3.8) is 0 Å². The molecule has 0 fully saturated rings. The fraction of sp³-hybridized carbons (Fsp3) is 1.00. The van der Waals surface area contributed by atoms with Crippen molar-refractivity contribution in [2.75, 3.05) is 0 Å². The van der Waals surface area contributed by atoms with E-state index in [2.05, 4.69) is 41.5 Å². The topological polar surface area (TPSA) is 66.8 Å². The van der Waals surface area contributed by atoms with Gasteiger partial charge in [0.2, 0.25) is 0 Å². The van der Waals surface area contributed by atoms with Crippen LogP contribution >= 0.6 is 7.82 Å². The van der Waals surface area contributed by atoms with Crippen molar-refractivity contribution >= 4 is 7.82 Å². The lowest BCUT2D eigenvalue weighted by Crippen LogP contribution is -2.51. The van der Waals surface area contributed by atoms with E-state index in [-0.39, 0.29) is 17.8 Å². The van der Waals surface area contributed by atoms with Crippen LogP contribution in [0.15, 0.2) is 0 Å². The standard InChI is InChI=1S/C24H51O4P/c1-7-11-14-16-18-21(5)24(28-29(25,26)27,23(10-4)20-13-9-3)22(6)19-17-15-12-8-2/h21-23H,7-20H2,1-6H3,(H2,25,26,27). The summed E-state index contributed by atoms with van der Waals surface area (Å²) in [5, 5.41) is 0. The van der Waals surface area contributed by atoms with Gasteiger partial charge in [0.05, 0.1) is 5.60 Å². The molecular formula is C24H51O4P. The maximum atomic E-state index is 12.2. The number of hydrogen-bond acceptors (Lipinski definition) is 2. The van der Waals surface area contributed by atoms with E-state index < -0.39 is 13.4 Å². The predicted molar refractivity (Wildman–Crippen MR) is 125 cm³/mol. The number of phosphoric acid groups is 1. The highest BCUT2D eigenvalue weighted by molar-refractivity contribution is 7.46. The van der Waals surface area contributed by atoms with Crippen LogP contribution < -0.4 is 0 Å². The molecule has 3 unspecified atom stereocenters. The Balaban J connectivity index is 5.79. The van der Waals surface area contributed by atoms with E-state index in [1.807, 2.05) is 0 Å². The second-order valence-electron chi connectivity index (χ2n) is 9.18. The number of rotatable bonds is 19. The van der Waals surface area contributed by atoms with Crippen molar-refractivity contribution in [3.05, 3.63) is 0 Å². The zero-order valence-electron chi connectivity index (χ0n) is 20.3. The molecule has 0 aromatic rings. The number of hydrogen-bond donors (Lipinski definition) is 2. The van der Waals surface area contributed by atoms with Crippen molar-refractivity contribution in [1.82, 2.24) is 0 Å². The second kappa shape index (κ2) is 15.8. The van der Waals surface area contributed by atoms with Gasteiger partial charge in [0.1, 0.15) is 0 Å². The summed E-state index contributed by atoms with van der Waals surface area (Å²) in [5.74, 6) is 0.447. The van der Waals surface area contributed by atoms with Crippen molar-refractivity contribution in [2.45, 2.75) is 137 Å².